The molecule has 0 aliphatic carbocycles. The molecule has 9 heteroatoms. The molecule has 2 N–H and O–H groups in total. The molecule has 0 saturated carbocycles. The zero-order valence-corrected chi connectivity index (χ0v) is 19.8. The van der Waals surface area contributed by atoms with Crippen molar-refractivity contribution in [3.8, 4) is 0 Å². The average molecular weight is 465 g/mol. The Kier molecular flexibility index (Phi) is 9.45. The molecule has 2 rings (SSSR count). The molecule has 1 unspecified atom stereocenters. The highest BCUT2D eigenvalue weighted by atomic mass is 35.5. The lowest BCUT2D eigenvalue weighted by molar-refractivity contribution is -0.121. The van der Waals surface area contributed by atoms with Crippen LogP contribution in [-0.4, -0.2) is 46.7 Å². The van der Waals surface area contributed by atoms with E-state index in [2.05, 4.69) is 15.6 Å². The van der Waals surface area contributed by atoms with Crippen LogP contribution in [0.15, 0.2) is 29.6 Å². The van der Waals surface area contributed by atoms with Crippen LogP contribution in [0.1, 0.15) is 50.2 Å². The van der Waals surface area contributed by atoms with Crippen molar-refractivity contribution in [3.05, 3.63) is 45.9 Å². The Balaban J connectivity index is 1.98. The minimum atomic E-state index is -0.340. The number of hydrogen-bond acceptors (Lipinski definition) is 5. The minimum Gasteiger partial charge on any atom is -0.353 e. The van der Waals surface area contributed by atoms with Crippen LogP contribution in [0.4, 0.5) is 5.13 Å². The average Bonchev–Trinajstić information content (AvgIpc) is 3.13. The molecule has 0 aliphatic rings. The number of benzene rings is 1. The third-order valence-electron chi connectivity index (χ3n) is 4.46. The van der Waals surface area contributed by atoms with Crippen molar-refractivity contribution in [1.82, 2.24) is 15.2 Å². The number of anilines is 1. The summed E-state index contributed by atoms with van der Waals surface area (Å²) in [6.45, 7) is 8.26. The van der Waals surface area contributed by atoms with Gasteiger partial charge < -0.3 is 15.5 Å². The number of amides is 3. The molecular weight excluding hydrogens is 436 g/mol. The molecule has 3 amide bonds. The Morgan fingerprint density at radius 1 is 1.13 bits per heavy atom. The number of carbonyl (C=O) groups is 3. The predicted molar refractivity (Wildman–Crippen MR) is 125 cm³/mol. The Morgan fingerprint density at radius 2 is 1.81 bits per heavy atom. The van der Waals surface area contributed by atoms with Gasteiger partial charge in [0.25, 0.3) is 5.91 Å². The van der Waals surface area contributed by atoms with Crippen LogP contribution in [-0.2, 0) is 16.0 Å². The fourth-order valence-corrected chi connectivity index (χ4v) is 3.66. The van der Waals surface area contributed by atoms with Gasteiger partial charge in [0, 0.05) is 28.6 Å². The molecule has 1 atom stereocenters. The summed E-state index contributed by atoms with van der Waals surface area (Å²) in [6, 6.07) is 6.70. The first kappa shape index (κ1) is 24.8. The van der Waals surface area contributed by atoms with Gasteiger partial charge in [-0.2, -0.15) is 0 Å². The van der Waals surface area contributed by atoms with Crippen LogP contribution in [0.25, 0.3) is 0 Å². The van der Waals surface area contributed by atoms with Crippen LogP contribution in [0.5, 0.6) is 0 Å². The van der Waals surface area contributed by atoms with Crippen molar-refractivity contribution in [3.63, 3.8) is 0 Å². The van der Waals surface area contributed by atoms with E-state index in [1.54, 1.807) is 29.6 Å². The second kappa shape index (κ2) is 11.8. The number of carbonyl (C=O) groups excluding carboxylic acids is 3. The van der Waals surface area contributed by atoms with Gasteiger partial charge in [0.05, 0.1) is 12.1 Å². The van der Waals surface area contributed by atoms with Crippen molar-refractivity contribution in [2.75, 3.05) is 18.4 Å². The van der Waals surface area contributed by atoms with E-state index in [9.17, 15) is 14.4 Å². The van der Waals surface area contributed by atoms with E-state index in [1.165, 1.54) is 16.2 Å². The monoisotopic (exact) mass is 464 g/mol. The maximum Gasteiger partial charge on any atom is 0.254 e. The lowest BCUT2D eigenvalue weighted by Crippen LogP contribution is -2.40. The van der Waals surface area contributed by atoms with Gasteiger partial charge in [-0.1, -0.05) is 32.4 Å². The van der Waals surface area contributed by atoms with E-state index in [0.717, 1.165) is 6.42 Å². The van der Waals surface area contributed by atoms with Gasteiger partial charge in [0.1, 0.15) is 6.54 Å². The third kappa shape index (κ3) is 8.30. The number of nitrogens with one attached hydrogen (secondary N) is 2. The molecule has 0 saturated heterocycles. The Morgan fingerprint density at radius 3 is 2.42 bits per heavy atom. The number of rotatable bonds is 10. The fourth-order valence-electron chi connectivity index (χ4n) is 2.81. The largest absolute Gasteiger partial charge is 0.353 e. The van der Waals surface area contributed by atoms with Crippen LogP contribution < -0.4 is 10.6 Å². The standard InChI is InChI=1S/C22H29ClN4O3S/c1-5-15(4)24-19(28)10-18-13-31-22(25-18)26-20(29)12-27(11-14(2)3)21(30)16-6-8-17(23)9-7-16/h6-9,13-15H,5,10-12H2,1-4H3,(H,24,28)(H,25,26,29). The first-order valence-corrected chi connectivity index (χ1v) is 11.5. The molecule has 1 aromatic carbocycles. The zero-order chi connectivity index (χ0) is 23.0. The topological polar surface area (TPSA) is 91.4 Å². The van der Waals surface area contributed by atoms with Crippen LogP contribution in [0.3, 0.4) is 0 Å². The van der Waals surface area contributed by atoms with Crippen LogP contribution >= 0.6 is 22.9 Å². The highest BCUT2D eigenvalue weighted by Crippen LogP contribution is 2.17. The highest BCUT2D eigenvalue weighted by molar-refractivity contribution is 7.13. The summed E-state index contributed by atoms with van der Waals surface area (Å²) in [5.41, 5.74) is 1.07. The molecule has 7 nitrogen and oxygen atoms in total. The van der Waals surface area contributed by atoms with Crippen molar-refractivity contribution in [1.29, 1.82) is 0 Å². The molecule has 0 fully saturated rings. The number of hydrogen-bond donors (Lipinski definition) is 2. The van der Waals surface area contributed by atoms with Gasteiger partial charge in [-0.3, -0.25) is 14.4 Å². The smallest absolute Gasteiger partial charge is 0.254 e. The quantitative estimate of drug-likeness (QED) is 0.556. The molecule has 1 heterocycles. The van der Waals surface area contributed by atoms with Gasteiger partial charge in [-0.15, -0.1) is 11.3 Å². The van der Waals surface area contributed by atoms with E-state index < -0.39 is 0 Å². The van der Waals surface area contributed by atoms with E-state index >= 15 is 0 Å². The zero-order valence-electron chi connectivity index (χ0n) is 18.3. The second-order valence-corrected chi connectivity index (χ2v) is 9.13. The lowest BCUT2D eigenvalue weighted by Gasteiger charge is -2.24. The maximum absolute atomic E-state index is 12.9. The number of thiazole rings is 1. The van der Waals surface area contributed by atoms with E-state index in [4.69, 9.17) is 11.6 Å². The Hall–Kier alpha value is -2.45. The lowest BCUT2D eigenvalue weighted by atomic mass is 10.1. The van der Waals surface area contributed by atoms with E-state index in [0.29, 0.717) is 28.0 Å². The SMILES string of the molecule is CCC(C)NC(=O)Cc1csc(NC(=O)CN(CC(C)C)C(=O)c2ccc(Cl)cc2)n1. The van der Waals surface area contributed by atoms with Crippen molar-refractivity contribution < 1.29 is 14.4 Å². The second-order valence-electron chi connectivity index (χ2n) is 7.83. The highest BCUT2D eigenvalue weighted by Gasteiger charge is 2.21. The van der Waals surface area contributed by atoms with Gasteiger partial charge in [0.2, 0.25) is 11.8 Å². The summed E-state index contributed by atoms with van der Waals surface area (Å²) in [5, 5.41) is 8.31. The molecule has 0 aliphatic heterocycles. The molecule has 2 aromatic rings. The molecule has 1 aromatic heterocycles. The molecule has 0 spiro atoms. The van der Waals surface area contributed by atoms with Crippen LogP contribution in [0.2, 0.25) is 5.02 Å². The Labute approximate surface area is 192 Å². The van der Waals surface area contributed by atoms with E-state index in [-0.39, 0.29) is 42.6 Å². The third-order valence-corrected chi connectivity index (χ3v) is 5.52. The molecular formula is C22H29ClN4O3S. The molecule has 0 radical (unpaired) electrons. The minimum absolute atomic E-state index is 0.0942. The molecule has 168 valence electrons. The number of aromatic nitrogens is 1. The summed E-state index contributed by atoms with van der Waals surface area (Å²) in [4.78, 5) is 43.3. The van der Waals surface area contributed by atoms with Crippen LogP contribution in [0, 0.1) is 5.92 Å². The first-order chi connectivity index (χ1) is 14.7. The summed E-state index contributed by atoms with van der Waals surface area (Å²) >= 11 is 7.15. The first-order valence-electron chi connectivity index (χ1n) is 10.3. The maximum atomic E-state index is 12.9. The van der Waals surface area contributed by atoms with Gasteiger partial charge in [-0.25, -0.2) is 4.98 Å². The van der Waals surface area contributed by atoms with E-state index in [1.807, 2.05) is 27.7 Å². The van der Waals surface area contributed by atoms with Crippen molar-refractivity contribution in [2.45, 2.75) is 46.6 Å². The van der Waals surface area contributed by atoms with Crippen molar-refractivity contribution >= 4 is 45.8 Å². The summed E-state index contributed by atoms with van der Waals surface area (Å²) in [6.07, 6.45) is 1.01. The van der Waals surface area contributed by atoms with Gasteiger partial charge in [-0.05, 0) is 43.5 Å². The number of nitrogens with zero attached hydrogens (tertiary/aromatic N) is 2. The number of halogens is 1. The molecule has 0 bridgehead atoms. The Bertz CT molecular complexity index is 898. The normalized spacial score (nSPS) is 11.8. The van der Waals surface area contributed by atoms with Gasteiger partial charge >= 0.3 is 0 Å². The molecule has 31 heavy (non-hydrogen) atoms. The summed E-state index contributed by atoms with van der Waals surface area (Å²) < 4.78 is 0. The van der Waals surface area contributed by atoms with Gasteiger partial charge in [0.15, 0.2) is 5.13 Å². The summed E-state index contributed by atoms with van der Waals surface area (Å²) in [5.74, 6) is -0.483. The summed E-state index contributed by atoms with van der Waals surface area (Å²) in [7, 11) is 0. The predicted octanol–water partition coefficient (Wildman–Crippen LogP) is 3.99. The fraction of sp³-hybridized carbons (Fsp3) is 0.455. The van der Waals surface area contributed by atoms with Crippen molar-refractivity contribution in [2.24, 2.45) is 5.92 Å².